The van der Waals surface area contributed by atoms with Crippen molar-refractivity contribution in [3.8, 4) is 5.75 Å². The number of rotatable bonds is 3. The molecule has 1 heterocycles. The van der Waals surface area contributed by atoms with E-state index < -0.39 is 0 Å². The number of aliphatic hydroxyl groups excluding tert-OH is 1. The number of carbonyl (C=O) groups is 1. The Morgan fingerprint density at radius 1 is 1.40 bits per heavy atom. The SMILES string of the molecule is CCc1cccc(C(=O)N2CCC(C(C)O)CC2)c1O. The Hall–Kier alpha value is -1.55. The number of hydrogen-bond acceptors (Lipinski definition) is 3. The number of phenols is 1. The van der Waals surface area contributed by atoms with Gasteiger partial charge in [0.1, 0.15) is 5.75 Å². The number of carbonyl (C=O) groups excluding carboxylic acids is 1. The minimum absolute atomic E-state index is 0.109. The normalized spacial score (nSPS) is 18.1. The van der Waals surface area contributed by atoms with E-state index in [1.807, 2.05) is 19.1 Å². The minimum Gasteiger partial charge on any atom is -0.507 e. The second-order valence-corrected chi connectivity index (χ2v) is 5.54. The second-order valence-electron chi connectivity index (χ2n) is 5.54. The van der Waals surface area contributed by atoms with Gasteiger partial charge in [0, 0.05) is 13.1 Å². The van der Waals surface area contributed by atoms with Gasteiger partial charge in [0.05, 0.1) is 11.7 Å². The number of nitrogens with zero attached hydrogens (tertiary/aromatic N) is 1. The van der Waals surface area contributed by atoms with Crippen LogP contribution >= 0.6 is 0 Å². The third-order valence-electron chi connectivity index (χ3n) is 4.24. The highest BCUT2D eigenvalue weighted by molar-refractivity contribution is 5.97. The van der Waals surface area contributed by atoms with Crippen LogP contribution in [-0.2, 0) is 6.42 Å². The van der Waals surface area contributed by atoms with E-state index in [1.165, 1.54) is 0 Å². The summed E-state index contributed by atoms with van der Waals surface area (Å²) in [5.74, 6) is 0.272. The number of phenolic OH excluding ortho intramolecular Hbond substituents is 1. The zero-order valence-corrected chi connectivity index (χ0v) is 12.2. The van der Waals surface area contributed by atoms with E-state index in [2.05, 4.69) is 0 Å². The lowest BCUT2D eigenvalue weighted by Crippen LogP contribution is -2.40. The number of likely N-dealkylation sites (tertiary alicyclic amines) is 1. The molecule has 1 aliphatic rings. The van der Waals surface area contributed by atoms with Gasteiger partial charge in [-0.1, -0.05) is 19.1 Å². The summed E-state index contributed by atoms with van der Waals surface area (Å²) in [5.41, 5.74) is 1.19. The second kappa shape index (κ2) is 6.27. The Bertz CT molecular complexity index is 477. The molecule has 0 saturated carbocycles. The number of aliphatic hydroxyl groups is 1. The summed E-state index contributed by atoms with van der Waals surface area (Å²) in [6, 6.07) is 5.33. The Balaban J connectivity index is 2.09. The maximum absolute atomic E-state index is 12.5. The third kappa shape index (κ3) is 2.96. The predicted octanol–water partition coefficient (Wildman–Crippen LogP) is 2.19. The zero-order chi connectivity index (χ0) is 14.7. The predicted molar refractivity (Wildman–Crippen MR) is 77.8 cm³/mol. The Morgan fingerprint density at radius 3 is 2.60 bits per heavy atom. The van der Waals surface area contributed by atoms with Crippen molar-refractivity contribution < 1.29 is 15.0 Å². The van der Waals surface area contributed by atoms with Gasteiger partial charge >= 0.3 is 0 Å². The fourth-order valence-corrected chi connectivity index (χ4v) is 2.80. The van der Waals surface area contributed by atoms with Gasteiger partial charge < -0.3 is 15.1 Å². The van der Waals surface area contributed by atoms with Gasteiger partial charge in [0.25, 0.3) is 5.91 Å². The van der Waals surface area contributed by atoms with E-state index in [-0.39, 0.29) is 23.7 Å². The molecule has 1 aromatic rings. The zero-order valence-electron chi connectivity index (χ0n) is 12.2. The van der Waals surface area contributed by atoms with Crippen LogP contribution < -0.4 is 0 Å². The number of hydrogen-bond donors (Lipinski definition) is 2. The summed E-state index contributed by atoms with van der Waals surface area (Å²) < 4.78 is 0. The molecule has 1 atom stereocenters. The highest BCUT2D eigenvalue weighted by Crippen LogP contribution is 2.27. The number of benzene rings is 1. The van der Waals surface area contributed by atoms with Gasteiger partial charge in [-0.25, -0.2) is 0 Å². The first-order valence-corrected chi connectivity index (χ1v) is 7.32. The van der Waals surface area contributed by atoms with Crippen LogP contribution in [0.5, 0.6) is 5.75 Å². The quantitative estimate of drug-likeness (QED) is 0.890. The van der Waals surface area contributed by atoms with Crippen molar-refractivity contribution in [1.29, 1.82) is 0 Å². The molecule has 4 heteroatoms. The monoisotopic (exact) mass is 277 g/mol. The van der Waals surface area contributed by atoms with Crippen LogP contribution in [0.1, 0.15) is 42.6 Å². The van der Waals surface area contributed by atoms with Crippen molar-refractivity contribution in [3.63, 3.8) is 0 Å². The number of piperidine rings is 1. The van der Waals surface area contributed by atoms with Gasteiger partial charge in [-0.2, -0.15) is 0 Å². The molecular formula is C16H23NO3. The maximum atomic E-state index is 12.5. The lowest BCUT2D eigenvalue weighted by Gasteiger charge is -2.33. The van der Waals surface area contributed by atoms with Crippen molar-refractivity contribution in [1.82, 2.24) is 4.90 Å². The van der Waals surface area contributed by atoms with Crippen molar-refractivity contribution in [2.45, 2.75) is 39.2 Å². The summed E-state index contributed by atoms with van der Waals surface area (Å²) in [6.07, 6.45) is 2.02. The molecule has 2 N–H and O–H groups in total. The van der Waals surface area contributed by atoms with Crippen LogP contribution in [0.4, 0.5) is 0 Å². The average molecular weight is 277 g/mol. The first-order chi connectivity index (χ1) is 9.54. The largest absolute Gasteiger partial charge is 0.507 e. The molecule has 1 aliphatic heterocycles. The van der Waals surface area contributed by atoms with Crippen molar-refractivity contribution in [2.75, 3.05) is 13.1 Å². The van der Waals surface area contributed by atoms with E-state index >= 15 is 0 Å². The fraction of sp³-hybridized carbons (Fsp3) is 0.562. The topological polar surface area (TPSA) is 60.8 Å². The lowest BCUT2D eigenvalue weighted by atomic mass is 9.92. The van der Waals surface area contributed by atoms with Gasteiger partial charge in [-0.05, 0) is 43.7 Å². The first-order valence-electron chi connectivity index (χ1n) is 7.32. The summed E-state index contributed by atoms with van der Waals surface area (Å²) in [6.45, 7) is 5.05. The molecule has 1 amide bonds. The fourth-order valence-electron chi connectivity index (χ4n) is 2.80. The molecule has 0 aliphatic carbocycles. The van der Waals surface area contributed by atoms with Crippen molar-refractivity contribution >= 4 is 5.91 Å². The van der Waals surface area contributed by atoms with Gasteiger partial charge in [0.2, 0.25) is 0 Å². The van der Waals surface area contributed by atoms with Gasteiger partial charge in [0.15, 0.2) is 0 Å². The van der Waals surface area contributed by atoms with Crippen molar-refractivity contribution in [3.05, 3.63) is 29.3 Å². The molecular weight excluding hydrogens is 254 g/mol. The van der Waals surface area contributed by atoms with Crippen LogP contribution in [0, 0.1) is 5.92 Å². The molecule has 1 aromatic carbocycles. The van der Waals surface area contributed by atoms with E-state index in [0.29, 0.717) is 25.1 Å². The number of amides is 1. The molecule has 0 radical (unpaired) electrons. The Morgan fingerprint density at radius 2 is 2.05 bits per heavy atom. The smallest absolute Gasteiger partial charge is 0.257 e. The van der Waals surface area contributed by atoms with E-state index in [0.717, 1.165) is 18.4 Å². The van der Waals surface area contributed by atoms with Crippen LogP contribution in [0.15, 0.2) is 18.2 Å². The minimum atomic E-state index is -0.316. The summed E-state index contributed by atoms with van der Waals surface area (Å²) >= 11 is 0. The number of para-hydroxylation sites is 1. The lowest BCUT2D eigenvalue weighted by molar-refractivity contribution is 0.0519. The number of aromatic hydroxyl groups is 1. The molecule has 2 rings (SSSR count). The average Bonchev–Trinajstić information content (AvgIpc) is 2.47. The highest BCUT2D eigenvalue weighted by Gasteiger charge is 2.27. The molecule has 0 bridgehead atoms. The summed E-state index contributed by atoms with van der Waals surface area (Å²) in [7, 11) is 0. The summed E-state index contributed by atoms with van der Waals surface area (Å²) in [5, 5.41) is 19.7. The van der Waals surface area contributed by atoms with E-state index in [9.17, 15) is 15.0 Å². The molecule has 1 fully saturated rings. The van der Waals surface area contributed by atoms with Crippen LogP contribution in [0.3, 0.4) is 0 Å². The van der Waals surface area contributed by atoms with Gasteiger partial charge in [-0.15, -0.1) is 0 Å². The highest BCUT2D eigenvalue weighted by atomic mass is 16.3. The van der Waals surface area contributed by atoms with Crippen LogP contribution in [-0.4, -0.2) is 40.2 Å². The number of aryl methyl sites for hydroxylation is 1. The maximum Gasteiger partial charge on any atom is 0.257 e. The third-order valence-corrected chi connectivity index (χ3v) is 4.24. The van der Waals surface area contributed by atoms with E-state index in [1.54, 1.807) is 17.9 Å². The molecule has 4 nitrogen and oxygen atoms in total. The van der Waals surface area contributed by atoms with Crippen LogP contribution in [0.25, 0.3) is 0 Å². The molecule has 20 heavy (non-hydrogen) atoms. The molecule has 1 saturated heterocycles. The summed E-state index contributed by atoms with van der Waals surface area (Å²) in [4.78, 5) is 14.2. The first kappa shape index (κ1) is 14.9. The Labute approximate surface area is 120 Å². The molecule has 0 spiro atoms. The van der Waals surface area contributed by atoms with Crippen molar-refractivity contribution in [2.24, 2.45) is 5.92 Å². The molecule has 1 unspecified atom stereocenters. The molecule has 0 aromatic heterocycles. The van der Waals surface area contributed by atoms with E-state index in [4.69, 9.17) is 0 Å². The Kier molecular flexibility index (Phi) is 4.65. The molecule has 110 valence electrons. The van der Waals surface area contributed by atoms with Gasteiger partial charge in [-0.3, -0.25) is 4.79 Å². The standard InChI is InChI=1S/C16H23NO3/c1-3-12-5-4-6-14(15(12)19)16(20)17-9-7-13(8-10-17)11(2)18/h4-6,11,13,18-19H,3,7-10H2,1-2H3. The van der Waals surface area contributed by atoms with Crippen LogP contribution in [0.2, 0.25) is 0 Å².